The molecular weight excluding hydrogens is 825 g/mol. The van der Waals surface area contributed by atoms with Crippen molar-refractivity contribution in [1.29, 1.82) is 0 Å². The van der Waals surface area contributed by atoms with E-state index in [-0.39, 0.29) is 6.54 Å². The summed E-state index contributed by atoms with van der Waals surface area (Å²) in [5, 5.41) is 8.37. The molecule has 1 spiro atoms. The van der Waals surface area contributed by atoms with Crippen LogP contribution in [0.2, 0.25) is 0 Å². The standard InChI is InChI=1S/C45H49F2N13O2S/c1-56-23-30-6-7-33(18-31(30)24-56)52-42-50-22-29-9-12-49-41(38(29)55-42)59-17-10-44(27-59)39(45(44,46)47)35-20-34(19-32-25-57(2)26-36(32)35)53-43-51-21-28-8-11-48-40(37(28)54-43)58-13-4-15-60(16-5-14-58)63(3,61)62/h6-9,11-12,18-22,39H,4-5,10,13-17,23-27H2,1-3H3,(H,50,52,55)(H,51,53,54). The highest BCUT2D eigenvalue weighted by Gasteiger charge is 2.82. The molecule has 2 atom stereocenters. The van der Waals surface area contributed by atoms with Gasteiger partial charge in [-0.25, -0.2) is 51.4 Å². The molecule has 0 radical (unpaired) electrons. The number of fused-ring (bicyclic) bond motifs is 4. The molecule has 5 aliphatic rings. The van der Waals surface area contributed by atoms with E-state index in [4.69, 9.17) is 19.9 Å². The summed E-state index contributed by atoms with van der Waals surface area (Å²) in [4.78, 5) is 37.1. The third-order valence-corrected chi connectivity index (χ3v) is 15.0. The molecule has 6 aromatic rings. The Hall–Kier alpha value is -5.69. The SMILES string of the molecule is CN1Cc2ccc(Nc3ncc4ccnc(N5CCC6(C5)C(c5cc(Nc7ncc8ccnc(N9CCCN(S(C)(=O)=O)CCC9)c8n7)cc7c5CN(C)C7)C6(F)F)c4n3)cc2C1. The van der Waals surface area contributed by atoms with Gasteiger partial charge in [-0.2, -0.15) is 0 Å². The van der Waals surface area contributed by atoms with E-state index in [1.807, 2.05) is 42.3 Å². The van der Waals surface area contributed by atoms with Gasteiger partial charge < -0.3 is 20.4 Å². The van der Waals surface area contributed by atoms with Crippen molar-refractivity contribution in [3.63, 3.8) is 0 Å². The number of benzene rings is 2. The third kappa shape index (κ3) is 7.07. The Bertz CT molecular complexity index is 2910. The summed E-state index contributed by atoms with van der Waals surface area (Å²) < 4.78 is 59.4. The zero-order chi connectivity index (χ0) is 43.3. The minimum Gasteiger partial charge on any atom is -0.355 e. The summed E-state index contributed by atoms with van der Waals surface area (Å²) in [5.41, 5.74) is 6.81. The molecule has 8 heterocycles. The Kier molecular flexibility index (Phi) is 9.52. The van der Waals surface area contributed by atoms with E-state index in [1.54, 1.807) is 24.8 Å². The van der Waals surface area contributed by atoms with E-state index in [0.29, 0.717) is 111 Å². The molecule has 15 nitrogen and oxygen atoms in total. The van der Waals surface area contributed by atoms with Crippen molar-refractivity contribution in [1.82, 2.24) is 44.0 Å². The van der Waals surface area contributed by atoms with Crippen LogP contribution < -0.4 is 20.4 Å². The normalized spacial score (nSPS) is 22.7. The van der Waals surface area contributed by atoms with Gasteiger partial charge in [0, 0.05) is 112 Å². The smallest absolute Gasteiger partial charge is 0.263 e. The minimum absolute atomic E-state index is 0.149. The van der Waals surface area contributed by atoms with Crippen LogP contribution in [0.5, 0.6) is 0 Å². The zero-order valence-electron chi connectivity index (χ0n) is 35.5. The lowest BCUT2D eigenvalue weighted by atomic mass is 9.92. The second-order valence-electron chi connectivity index (χ2n) is 18.1. The maximum Gasteiger partial charge on any atom is 0.263 e. The van der Waals surface area contributed by atoms with Crippen molar-refractivity contribution in [2.75, 3.05) is 80.1 Å². The molecule has 18 heteroatoms. The van der Waals surface area contributed by atoms with Gasteiger partial charge in [-0.15, -0.1) is 0 Å². The van der Waals surface area contributed by atoms with E-state index in [2.05, 4.69) is 54.5 Å². The summed E-state index contributed by atoms with van der Waals surface area (Å²) in [6, 6.07) is 13.9. The first-order valence-corrected chi connectivity index (χ1v) is 23.4. The number of nitrogens with one attached hydrogen (secondary N) is 2. The fraction of sp³-hybridized carbons (Fsp3) is 0.422. The summed E-state index contributed by atoms with van der Waals surface area (Å²) in [5.74, 6) is -1.85. The molecule has 0 amide bonds. The fourth-order valence-corrected chi connectivity index (χ4v) is 11.5. The highest BCUT2D eigenvalue weighted by Crippen LogP contribution is 2.75. The van der Waals surface area contributed by atoms with Crippen LogP contribution in [0.15, 0.2) is 67.3 Å². The number of hydrogen-bond donors (Lipinski definition) is 2. The van der Waals surface area contributed by atoms with Crippen LogP contribution >= 0.6 is 0 Å². The summed E-state index contributed by atoms with van der Waals surface area (Å²) in [7, 11) is 0.855. The first-order chi connectivity index (χ1) is 30.3. The van der Waals surface area contributed by atoms with E-state index < -0.39 is 27.3 Å². The van der Waals surface area contributed by atoms with Crippen LogP contribution in [0.3, 0.4) is 0 Å². The average Bonchev–Trinajstić information content (AvgIpc) is 3.76. The van der Waals surface area contributed by atoms with Crippen LogP contribution in [0, 0.1) is 5.41 Å². The maximum atomic E-state index is 16.7. The van der Waals surface area contributed by atoms with Gasteiger partial charge in [0.2, 0.25) is 21.9 Å². The van der Waals surface area contributed by atoms with Gasteiger partial charge in [0.05, 0.1) is 17.6 Å². The number of aromatic nitrogens is 6. The molecular formula is C45H49F2N13O2S. The number of nitrogens with zero attached hydrogens (tertiary/aromatic N) is 11. The zero-order valence-corrected chi connectivity index (χ0v) is 36.3. The Labute approximate surface area is 364 Å². The molecule has 2 aromatic carbocycles. The van der Waals surface area contributed by atoms with Gasteiger partial charge in [-0.3, -0.25) is 9.80 Å². The quantitative estimate of drug-likeness (QED) is 0.178. The molecule has 326 valence electrons. The number of anilines is 6. The molecule has 63 heavy (non-hydrogen) atoms. The molecule has 4 aromatic heterocycles. The lowest BCUT2D eigenvalue weighted by molar-refractivity contribution is 0.0679. The highest BCUT2D eigenvalue weighted by molar-refractivity contribution is 7.88. The highest BCUT2D eigenvalue weighted by atomic mass is 32.2. The van der Waals surface area contributed by atoms with Crippen molar-refractivity contribution in [3.05, 3.63) is 95.1 Å². The van der Waals surface area contributed by atoms with Gasteiger partial charge in [-0.05, 0) is 97.6 Å². The summed E-state index contributed by atoms with van der Waals surface area (Å²) >= 11 is 0. The Morgan fingerprint density at radius 3 is 1.97 bits per heavy atom. The predicted molar refractivity (Wildman–Crippen MR) is 239 cm³/mol. The largest absolute Gasteiger partial charge is 0.355 e. The first-order valence-electron chi connectivity index (χ1n) is 21.6. The van der Waals surface area contributed by atoms with Crippen molar-refractivity contribution in [3.8, 4) is 0 Å². The predicted octanol–water partition coefficient (Wildman–Crippen LogP) is 6.23. The molecule has 2 saturated heterocycles. The fourth-order valence-electron chi connectivity index (χ4n) is 10.6. The van der Waals surface area contributed by atoms with Gasteiger partial charge in [0.25, 0.3) is 5.92 Å². The first kappa shape index (κ1) is 40.1. The number of hydrogen-bond acceptors (Lipinski definition) is 14. The van der Waals surface area contributed by atoms with Crippen LogP contribution in [0.4, 0.5) is 43.7 Å². The molecule has 3 fully saturated rings. The molecule has 11 rings (SSSR count). The lowest BCUT2D eigenvalue weighted by Gasteiger charge is -2.30. The van der Waals surface area contributed by atoms with Gasteiger partial charge in [0.1, 0.15) is 11.0 Å². The Balaban J connectivity index is 0.862. The van der Waals surface area contributed by atoms with E-state index in [1.165, 1.54) is 21.7 Å². The molecule has 2 N–H and O–H groups in total. The molecule has 0 bridgehead atoms. The van der Waals surface area contributed by atoms with Crippen molar-refractivity contribution in [2.45, 2.75) is 57.3 Å². The van der Waals surface area contributed by atoms with Crippen LogP contribution in [0.1, 0.15) is 53.0 Å². The van der Waals surface area contributed by atoms with Crippen LogP contribution in [-0.4, -0.2) is 118 Å². The lowest BCUT2D eigenvalue weighted by Crippen LogP contribution is -2.39. The van der Waals surface area contributed by atoms with Crippen molar-refractivity contribution >= 4 is 66.7 Å². The second kappa shape index (κ2) is 15.0. The van der Waals surface area contributed by atoms with E-state index >= 15 is 8.78 Å². The monoisotopic (exact) mass is 873 g/mol. The summed E-state index contributed by atoms with van der Waals surface area (Å²) in [6.07, 6.45) is 9.83. The third-order valence-electron chi connectivity index (χ3n) is 13.7. The van der Waals surface area contributed by atoms with Gasteiger partial charge in [0.15, 0.2) is 11.6 Å². The van der Waals surface area contributed by atoms with Gasteiger partial charge >= 0.3 is 0 Å². The number of pyridine rings is 2. The van der Waals surface area contributed by atoms with Crippen LogP contribution in [0.25, 0.3) is 21.8 Å². The molecule has 2 unspecified atom stereocenters. The number of rotatable bonds is 8. The van der Waals surface area contributed by atoms with E-state index in [0.717, 1.165) is 40.7 Å². The number of halogens is 2. The van der Waals surface area contributed by atoms with E-state index in [9.17, 15) is 8.42 Å². The average molecular weight is 874 g/mol. The molecule has 4 aliphatic heterocycles. The van der Waals surface area contributed by atoms with Gasteiger partial charge in [-0.1, -0.05) is 6.07 Å². The Morgan fingerprint density at radius 1 is 0.683 bits per heavy atom. The summed E-state index contributed by atoms with van der Waals surface area (Å²) in [6.45, 7) is 5.76. The van der Waals surface area contributed by atoms with Crippen molar-refractivity contribution in [2.24, 2.45) is 5.41 Å². The topological polar surface area (TPSA) is 152 Å². The second-order valence-corrected chi connectivity index (χ2v) is 20.0. The van der Waals surface area contributed by atoms with Crippen molar-refractivity contribution < 1.29 is 17.2 Å². The molecule has 1 aliphatic carbocycles. The maximum absolute atomic E-state index is 16.7. The minimum atomic E-state index is -3.26. The number of alkyl halides is 2. The Morgan fingerprint density at radius 2 is 1.29 bits per heavy atom. The number of sulfonamides is 1. The van der Waals surface area contributed by atoms with Crippen LogP contribution in [-0.2, 0) is 36.2 Å². The molecule has 1 saturated carbocycles.